The van der Waals surface area contributed by atoms with E-state index in [9.17, 15) is 22.8 Å². The number of ether oxygens (including phenoxy) is 4. The van der Waals surface area contributed by atoms with Gasteiger partial charge >= 0.3 is 18.4 Å². The predicted molar refractivity (Wildman–Crippen MR) is 115 cm³/mol. The van der Waals surface area contributed by atoms with Gasteiger partial charge in [-0.15, -0.1) is 13.2 Å². The average molecular weight is 481 g/mol. The SMILES string of the molecule is COC(=O)C1c2ccc(OCc3ccccc3OC(F)(F)F)cc2CCN1C(=O)OCC(C)C. The summed E-state index contributed by atoms with van der Waals surface area (Å²) in [5.74, 6) is -0.396. The fraction of sp³-hybridized carbons (Fsp3) is 0.417. The first-order valence-corrected chi connectivity index (χ1v) is 10.7. The highest BCUT2D eigenvalue weighted by molar-refractivity contribution is 5.84. The Morgan fingerprint density at radius 3 is 2.56 bits per heavy atom. The van der Waals surface area contributed by atoms with Crippen molar-refractivity contribution in [2.45, 2.75) is 39.3 Å². The molecule has 0 saturated heterocycles. The number of halogens is 3. The van der Waals surface area contributed by atoms with Crippen LogP contribution in [0.3, 0.4) is 0 Å². The Morgan fingerprint density at radius 1 is 1.15 bits per heavy atom. The minimum atomic E-state index is -4.81. The molecule has 0 saturated carbocycles. The van der Waals surface area contributed by atoms with Crippen molar-refractivity contribution in [1.82, 2.24) is 4.90 Å². The van der Waals surface area contributed by atoms with Gasteiger partial charge in [-0.1, -0.05) is 38.1 Å². The van der Waals surface area contributed by atoms with Gasteiger partial charge in [-0.05, 0) is 41.7 Å². The van der Waals surface area contributed by atoms with E-state index in [2.05, 4.69) is 4.74 Å². The number of amides is 1. The number of para-hydroxylation sites is 1. The number of esters is 1. The second kappa shape index (κ2) is 10.7. The van der Waals surface area contributed by atoms with Crippen LogP contribution in [0.4, 0.5) is 18.0 Å². The third kappa shape index (κ3) is 6.33. The number of carbonyl (C=O) groups excluding carboxylic acids is 2. The Bertz CT molecular complexity index is 1020. The second-order valence-corrected chi connectivity index (χ2v) is 8.14. The first-order valence-electron chi connectivity index (χ1n) is 10.7. The van der Waals surface area contributed by atoms with Crippen molar-refractivity contribution in [2.75, 3.05) is 20.3 Å². The van der Waals surface area contributed by atoms with E-state index in [1.807, 2.05) is 13.8 Å². The molecular formula is C24H26F3NO6. The highest BCUT2D eigenvalue weighted by atomic mass is 19.4. The van der Waals surface area contributed by atoms with Crippen LogP contribution in [0.25, 0.3) is 0 Å². The number of hydrogen-bond donors (Lipinski definition) is 0. The zero-order valence-corrected chi connectivity index (χ0v) is 19.1. The van der Waals surface area contributed by atoms with Gasteiger partial charge in [0.05, 0.1) is 13.7 Å². The summed E-state index contributed by atoms with van der Waals surface area (Å²) in [7, 11) is 1.24. The topological polar surface area (TPSA) is 74.3 Å². The first-order chi connectivity index (χ1) is 16.1. The molecule has 0 fully saturated rings. The Labute approximate surface area is 195 Å². The van der Waals surface area contributed by atoms with Gasteiger partial charge in [-0.3, -0.25) is 4.90 Å². The van der Waals surface area contributed by atoms with Gasteiger partial charge in [0.1, 0.15) is 18.1 Å². The van der Waals surface area contributed by atoms with E-state index in [0.29, 0.717) is 17.7 Å². The molecule has 2 aromatic rings. The minimum Gasteiger partial charge on any atom is -0.489 e. The van der Waals surface area contributed by atoms with Crippen molar-refractivity contribution in [1.29, 1.82) is 0 Å². The van der Waals surface area contributed by atoms with Gasteiger partial charge in [0.25, 0.3) is 0 Å². The monoisotopic (exact) mass is 481 g/mol. The lowest BCUT2D eigenvalue weighted by Crippen LogP contribution is -2.44. The van der Waals surface area contributed by atoms with E-state index < -0.39 is 24.5 Å². The molecule has 0 bridgehead atoms. The van der Waals surface area contributed by atoms with Crippen molar-refractivity contribution >= 4 is 12.1 Å². The highest BCUT2D eigenvalue weighted by Crippen LogP contribution is 2.34. The molecule has 1 aliphatic rings. The van der Waals surface area contributed by atoms with Gasteiger partial charge in [0, 0.05) is 12.1 Å². The number of nitrogens with zero attached hydrogens (tertiary/aromatic N) is 1. The zero-order valence-electron chi connectivity index (χ0n) is 19.1. The van der Waals surface area contributed by atoms with Crippen molar-refractivity contribution in [3.63, 3.8) is 0 Å². The molecule has 1 heterocycles. The summed E-state index contributed by atoms with van der Waals surface area (Å²) in [6.45, 7) is 4.12. The van der Waals surface area contributed by atoms with Crippen LogP contribution >= 0.6 is 0 Å². The minimum absolute atomic E-state index is 0.143. The third-order valence-electron chi connectivity index (χ3n) is 5.13. The molecule has 184 valence electrons. The van der Waals surface area contributed by atoms with Crippen LogP contribution in [0.5, 0.6) is 11.5 Å². The lowest BCUT2D eigenvalue weighted by Gasteiger charge is -2.35. The summed E-state index contributed by atoms with van der Waals surface area (Å²) in [5, 5.41) is 0. The smallest absolute Gasteiger partial charge is 0.489 e. The highest BCUT2D eigenvalue weighted by Gasteiger charge is 2.38. The summed E-state index contributed by atoms with van der Waals surface area (Å²) in [6, 6.07) is 9.69. The first kappa shape index (κ1) is 25.2. The fourth-order valence-electron chi connectivity index (χ4n) is 3.58. The predicted octanol–water partition coefficient (Wildman–Crippen LogP) is 5.03. The van der Waals surface area contributed by atoms with E-state index >= 15 is 0 Å². The molecule has 0 N–H and O–H groups in total. The number of fused-ring (bicyclic) bond motifs is 1. The van der Waals surface area contributed by atoms with E-state index in [0.717, 1.165) is 5.56 Å². The molecular weight excluding hydrogens is 455 g/mol. The van der Waals surface area contributed by atoms with E-state index in [-0.39, 0.29) is 37.0 Å². The molecule has 10 heteroatoms. The largest absolute Gasteiger partial charge is 0.573 e. The molecule has 2 aromatic carbocycles. The number of rotatable bonds is 7. The number of alkyl halides is 3. The van der Waals surface area contributed by atoms with Gasteiger partial charge in [-0.25, -0.2) is 9.59 Å². The van der Waals surface area contributed by atoms with Crippen LogP contribution in [-0.2, 0) is 27.3 Å². The maximum absolute atomic E-state index is 12.6. The normalized spacial score (nSPS) is 15.5. The Kier molecular flexibility index (Phi) is 7.90. The van der Waals surface area contributed by atoms with Crippen molar-refractivity contribution in [3.05, 3.63) is 59.2 Å². The lowest BCUT2D eigenvalue weighted by atomic mass is 9.92. The summed E-state index contributed by atoms with van der Waals surface area (Å²) >= 11 is 0. The van der Waals surface area contributed by atoms with Crippen LogP contribution in [-0.4, -0.2) is 43.6 Å². The van der Waals surface area contributed by atoms with Crippen LogP contribution in [0.1, 0.15) is 36.6 Å². The van der Waals surface area contributed by atoms with Crippen LogP contribution in [0.2, 0.25) is 0 Å². The van der Waals surface area contributed by atoms with E-state index in [4.69, 9.17) is 14.2 Å². The molecule has 7 nitrogen and oxygen atoms in total. The average Bonchev–Trinajstić information content (AvgIpc) is 2.79. The van der Waals surface area contributed by atoms with Gasteiger partial charge in [0.2, 0.25) is 0 Å². The summed E-state index contributed by atoms with van der Waals surface area (Å²) < 4.78 is 57.9. The number of benzene rings is 2. The molecule has 1 unspecified atom stereocenters. The summed E-state index contributed by atoms with van der Waals surface area (Å²) in [6.07, 6.45) is -4.98. The molecule has 0 aromatic heterocycles. The molecule has 0 radical (unpaired) electrons. The van der Waals surface area contributed by atoms with Crippen LogP contribution in [0, 0.1) is 5.92 Å². The number of carbonyl (C=O) groups is 2. The molecule has 34 heavy (non-hydrogen) atoms. The van der Waals surface area contributed by atoms with E-state index in [1.165, 1.54) is 30.2 Å². The second-order valence-electron chi connectivity index (χ2n) is 8.14. The Balaban J connectivity index is 1.78. The molecule has 1 amide bonds. The Morgan fingerprint density at radius 2 is 1.88 bits per heavy atom. The standard InChI is InChI=1S/C24H26F3NO6/c1-15(2)13-33-23(30)28-11-10-16-12-18(8-9-19(16)21(28)22(29)31-3)32-14-17-6-4-5-7-20(17)34-24(25,26)27/h4-9,12,15,21H,10-11,13-14H2,1-3H3. The van der Waals surface area contributed by atoms with Crippen molar-refractivity contribution in [2.24, 2.45) is 5.92 Å². The zero-order chi connectivity index (χ0) is 24.9. The molecule has 1 aliphatic heterocycles. The third-order valence-corrected chi connectivity index (χ3v) is 5.13. The van der Waals surface area contributed by atoms with E-state index in [1.54, 1.807) is 24.3 Å². The molecule has 0 spiro atoms. The fourth-order valence-corrected chi connectivity index (χ4v) is 3.58. The maximum atomic E-state index is 12.6. The van der Waals surface area contributed by atoms with Gasteiger partial charge in [0.15, 0.2) is 6.04 Å². The molecule has 0 aliphatic carbocycles. The molecule has 1 atom stereocenters. The number of hydrogen-bond acceptors (Lipinski definition) is 6. The van der Waals surface area contributed by atoms with Gasteiger partial charge < -0.3 is 18.9 Å². The Hall–Kier alpha value is -3.43. The number of methoxy groups -OCH3 is 1. The maximum Gasteiger partial charge on any atom is 0.573 e. The van der Waals surface area contributed by atoms with Crippen LogP contribution in [0.15, 0.2) is 42.5 Å². The summed E-state index contributed by atoms with van der Waals surface area (Å²) in [5.41, 5.74) is 1.57. The molecule has 3 rings (SSSR count). The van der Waals surface area contributed by atoms with Crippen molar-refractivity contribution < 1.29 is 41.7 Å². The summed E-state index contributed by atoms with van der Waals surface area (Å²) in [4.78, 5) is 26.4. The quantitative estimate of drug-likeness (QED) is 0.517. The van der Waals surface area contributed by atoms with Crippen molar-refractivity contribution in [3.8, 4) is 11.5 Å². The van der Waals surface area contributed by atoms with Crippen LogP contribution < -0.4 is 9.47 Å². The lowest BCUT2D eigenvalue weighted by molar-refractivity contribution is -0.275. The van der Waals surface area contributed by atoms with Gasteiger partial charge in [-0.2, -0.15) is 0 Å².